The number of nitrogens with one attached hydrogen (secondary N) is 2. The van der Waals surface area contributed by atoms with Crippen molar-refractivity contribution in [1.82, 2.24) is 9.97 Å². The molecule has 0 amide bonds. The topological polar surface area (TPSA) is 119 Å². The zero-order valence-corrected chi connectivity index (χ0v) is 17.4. The molecule has 0 radical (unpaired) electrons. The number of nitro groups is 1. The minimum Gasteiger partial charge on any atom is -0.396 e. The van der Waals surface area contributed by atoms with Crippen molar-refractivity contribution < 1.29 is 4.92 Å². The standard InChI is InChI=1S/C12H11N3O2.C12H13N3/c16-15(17)11-7-4-8-13-12(11)14-9-10-5-2-1-3-6-10;13-11-7-4-8-14-12(11)15-9-10-5-2-1-3-6-10/h1-8H,9H2,(H,13,14);1-8H,9,13H2,(H,14,15). The van der Waals surface area contributed by atoms with Gasteiger partial charge in [0, 0.05) is 31.5 Å². The van der Waals surface area contributed by atoms with Gasteiger partial charge in [0.15, 0.2) is 0 Å². The van der Waals surface area contributed by atoms with Crippen molar-refractivity contribution in [1.29, 1.82) is 0 Å². The van der Waals surface area contributed by atoms with Crippen molar-refractivity contribution >= 4 is 23.0 Å². The average molecular weight is 428 g/mol. The first-order valence-corrected chi connectivity index (χ1v) is 9.99. The minimum atomic E-state index is -0.444. The fourth-order valence-electron chi connectivity index (χ4n) is 2.81. The lowest BCUT2D eigenvalue weighted by atomic mass is 10.2. The van der Waals surface area contributed by atoms with Gasteiger partial charge >= 0.3 is 5.69 Å². The largest absolute Gasteiger partial charge is 0.396 e. The maximum absolute atomic E-state index is 10.8. The van der Waals surface area contributed by atoms with Crippen LogP contribution in [0.4, 0.5) is 23.0 Å². The van der Waals surface area contributed by atoms with Crippen LogP contribution in [0.3, 0.4) is 0 Å². The molecule has 0 bridgehead atoms. The molecule has 32 heavy (non-hydrogen) atoms. The van der Waals surface area contributed by atoms with E-state index in [1.54, 1.807) is 12.3 Å². The monoisotopic (exact) mass is 428 g/mol. The van der Waals surface area contributed by atoms with Gasteiger partial charge in [-0.1, -0.05) is 60.7 Å². The molecule has 4 aromatic rings. The van der Waals surface area contributed by atoms with Gasteiger partial charge in [0.1, 0.15) is 5.82 Å². The second-order valence-electron chi connectivity index (χ2n) is 6.75. The molecule has 0 saturated heterocycles. The van der Waals surface area contributed by atoms with E-state index in [9.17, 15) is 10.1 Å². The molecule has 0 fully saturated rings. The molecule has 4 N–H and O–H groups in total. The molecule has 8 heteroatoms. The van der Waals surface area contributed by atoms with Crippen molar-refractivity contribution in [2.24, 2.45) is 0 Å². The summed E-state index contributed by atoms with van der Waals surface area (Å²) in [5.41, 5.74) is 8.68. The zero-order valence-electron chi connectivity index (χ0n) is 17.4. The number of rotatable bonds is 7. The molecular weight excluding hydrogens is 404 g/mol. The third-order valence-electron chi connectivity index (χ3n) is 4.43. The molecule has 0 aliphatic rings. The lowest BCUT2D eigenvalue weighted by molar-refractivity contribution is -0.384. The number of hydrogen-bond donors (Lipinski definition) is 3. The summed E-state index contributed by atoms with van der Waals surface area (Å²) in [6, 6.07) is 26.4. The molecule has 0 aliphatic heterocycles. The summed E-state index contributed by atoms with van der Waals surface area (Å²) in [5, 5.41) is 16.9. The Morgan fingerprint density at radius 1 is 0.719 bits per heavy atom. The molecule has 8 nitrogen and oxygen atoms in total. The Bertz CT molecular complexity index is 1120. The number of hydrogen-bond acceptors (Lipinski definition) is 7. The second kappa shape index (κ2) is 11.7. The van der Waals surface area contributed by atoms with Crippen molar-refractivity contribution in [3.05, 3.63) is 119 Å². The van der Waals surface area contributed by atoms with Crippen LogP contribution in [-0.4, -0.2) is 14.9 Å². The molecular formula is C24H24N6O2. The highest BCUT2D eigenvalue weighted by molar-refractivity contribution is 5.60. The summed E-state index contributed by atoms with van der Waals surface area (Å²) < 4.78 is 0. The van der Waals surface area contributed by atoms with Crippen LogP contribution in [0.5, 0.6) is 0 Å². The van der Waals surface area contributed by atoms with Gasteiger partial charge in [-0.2, -0.15) is 0 Å². The SMILES string of the molecule is Nc1cccnc1NCc1ccccc1.O=[N+]([O-])c1cccnc1NCc1ccccc1. The molecule has 0 aliphatic carbocycles. The van der Waals surface area contributed by atoms with Gasteiger partial charge in [-0.15, -0.1) is 0 Å². The van der Waals surface area contributed by atoms with E-state index in [4.69, 9.17) is 5.73 Å². The van der Waals surface area contributed by atoms with Crippen molar-refractivity contribution in [3.8, 4) is 0 Å². The smallest absolute Gasteiger partial charge is 0.311 e. The fourth-order valence-corrected chi connectivity index (χ4v) is 2.81. The predicted molar refractivity (Wildman–Crippen MR) is 127 cm³/mol. The summed E-state index contributed by atoms with van der Waals surface area (Å²) in [7, 11) is 0. The average Bonchev–Trinajstić information content (AvgIpc) is 2.84. The molecule has 162 valence electrons. The maximum Gasteiger partial charge on any atom is 0.311 e. The summed E-state index contributed by atoms with van der Waals surface area (Å²) in [4.78, 5) is 18.4. The second-order valence-corrected chi connectivity index (χ2v) is 6.75. The highest BCUT2D eigenvalue weighted by atomic mass is 16.6. The lowest BCUT2D eigenvalue weighted by Gasteiger charge is -2.07. The van der Waals surface area contributed by atoms with E-state index in [0.29, 0.717) is 18.1 Å². The lowest BCUT2D eigenvalue weighted by Crippen LogP contribution is -2.04. The number of aromatic nitrogens is 2. The number of nitrogens with two attached hydrogens (primary N) is 1. The third-order valence-corrected chi connectivity index (χ3v) is 4.43. The van der Waals surface area contributed by atoms with Crippen LogP contribution >= 0.6 is 0 Å². The van der Waals surface area contributed by atoms with Crippen LogP contribution in [0.1, 0.15) is 11.1 Å². The highest BCUT2D eigenvalue weighted by Gasteiger charge is 2.13. The molecule has 2 heterocycles. The van der Waals surface area contributed by atoms with Gasteiger partial charge in [-0.3, -0.25) is 10.1 Å². The van der Waals surface area contributed by atoms with E-state index in [1.165, 1.54) is 17.8 Å². The highest BCUT2D eigenvalue weighted by Crippen LogP contribution is 2.20. The first-order chi connectivity index (χ1) is 15.6. The summed E-state index contributed by atoms with van der Waals surface area (Å²) in [6.07, 6.45) is 3.25. The van der Waals surface area contributed by atoms with Crippen molar-refractivity contribution in [3.63, 3.8) is 0 Å². The van der Waals surface area contributed by atoms with Gasteiger partial charge in [-0.25, -0.2) is 9.97 Å². The molecule has 0 atom stereocenters. The van der Waals surface area contributed by atoms with E-state index >= 15 is 0 Å². The fraction of sp³-hybridized carbons (Fsp3) is 0.0833. The quantitative estimate of drug-likeness (QED) is 0.283. The van der Waals surface area contributed by atoms with Crippen LogP contribution in [0, 0.1) is 10.1 Å². The van der Waals surface area contributed by atoms with E-state index in [2.05, 4.69) is 32.7 Å². The number of anilines is 3. The van der Waals surface area contributed by atoms with Crippen LogP contribution in [-0.2, 0) is 13.1 Å². The molecule has 4 rings (SSSR count). The molecule has 0 spiro atoms. The van der Waals surface area contributed by atoms with Gasteiger partial charge in [0.25, 0.3) is 0 Å². The van der Waals surface area contributed by atoms with Crippen LogP contribution in [0.25, 0.3) is 0 Å². The number of benzene rings is 2. The molecule has 2 aromatic carbocycles. The third kappa shape index (κ3) is 6.81. The Morgan fingerprint density at radius 3 is 1.75 bits per heavy atom. The number of nitrogen functional groups attached to an aromatic ring is 1. The van der Waals surface area contributed by atoms with E-state index in [0.717, 1.165) is 17.9 Å². The van der Waals surface area contributed by atoms with E-state index < -0.39 is 4.92 Å². The van der Waals surface area contributed by atoms with Crippen LogP contribution in [0.2, 0.25) is 0 Å². The van der Waals surface area contributed by atoms with Gasteiger partial charge in [0.2, 0.25) is 5.82 Å². The molecule has 0 saturated carbocycles. The number of nitrogens with zero attached hydrogens (tertiary/aromatic N) is 3. The summed E-state index contributed by atoms with van der Waals surface area (Å²) >= 11 is 0. The predicted octanol–water partition coefficient (Wildman–Crippen LogP) is 4.88. The normalized spacial score (nSPS) is 9.88. The van der Waals surface area contributed by atoms with E-state index in [1.807, 2.05) is 60.7 Å². The Morgan fingerprint density at radius 2 is 1.22 bits per heavy atom. The van der Waals surface area contributed by atoms with Crippen LogP contribution < -0.4 is 16.4 Å². The van der Waals surface area contributed by atoms with Gasteiger partial charge < -0.3 is 16.4 Å². The maximum atomic E-state index is 10.8. The first kappa shape index (κ1) is 22.2. The Kier molecular flexibility index (Phi) is 8.10. The minimum absolute atomic E-state index is 0.0107. The van der Waals surface area contributed by atoms with E-state index in [-0.39, 0.29) is 5.69 Å². The Labute approximate surface area is 186 Å². The Balaban J connectivity index is 0.000000182. The summed E-state index contributed by atoms with van der Waals surface area (Å²) in [6.45, 7) is 1.25. The Hall–Kier alpha value is -4.46. The van der Waals surface area contributed by atoms with Gasteiger partial charge in [0.05, 0.1) is 10.6 Å². The molecule has 0 unspecified atom stereocenters. The van der Waals surface area contributed by atoms with Crippen molar-refractivity contribution in [2.75, 3.05) is 16.4 Å². The number of pyridine rings is 2. The molecule has 2 aromatic heterocycles. The van der Waals surface area contributed by atoms with Crippen molar-refractivity contribution in [2.45, 2.75) is 13.1 Å². The van der Waals surface area contributed by atoms with Gasteiger partial charge in [-0.05, 0) is 29.3 Å². The van der Waals surface area contributed by atoms with Crippen LogP contribution in [0.15, 0.2) is 97.3 Å². The summed E-state index contributed by atoms with van der Waals surface area (Å²) in [5.74, 6) is 1.03. The first-order valence-electron chi connectivity index (χ1n) is 9.99. The zero-order chi connectivity index (χ0) is 22.6.